The molecule has 18 heavy (non-hydrogen) atoms. The van der Waals surface area contributed by atoms with Gasteiger partial charge in [0.2, 0.25) is 0 Å². The van der Waals surface area contributed by atoms with Crippen molar-refractivity contribution in [2.24, 2.45) is 0 Å². The molecule has 0 saturated carbocycles. The predicted molar refractivity (Wildman–Crippen MR) is 79.4 cm³/mol. The molecule has 1 saturated heterocycles. The molecule has 1 aliphatic heterocycles. The van der Waals surface area contributed by atoms with E-state index in [4.69, 9.17) is 0 Å². The van der Waals surface area contributed by atoms with Crippen LogP contribution in [0.4, 0.5) is 0 Å². The van der Waals surface area contributed by atoms with E-state index >= 15 is 0 Å². The molecule has 0 amide bonds. The van der Waals surface area contributed by atoms with Crippen molar-refractivity contribution in [3.63, 3.8) is 0 Å². The van der Waals surface area contributed by atoms with Crippen LogP contribution in [0.25, 0.3) is 0 Å². The van der Waals surface area contributed by atoms with Gasteiger partial charge in [0.25, 0.3) is 0 Å². The molecular formula is C15H36N3+3. The number of hydrogen-bond donors (Lipinski definition) is 0. The molecule has 0 N–H and O–H groups in total. The zero-order valence-electron chi connectivity index (χ0n) is 13.7. The average molecular weight is 258 g/mol. The molecule has 0 aromatic rings. The molecule has 3 nitrogen and oxygen atoms in total. The molecule has 0 atom stereocenters. The van der Waals surface area contributed by atoms with Gasteiger partial charge < -0.3 is 13.4 Å². The number of nitrogens with zero attached hydrogens (tertiary/aromatic N) is 3. The van der Waals surface area contributed by atoms with Gasteiger partial charge in [-0.1, -0.05) is 0 Å². The molecule has 0 aliphatic carbocycles. The molecule has 0 radical (unpaired) electrons. The summed E-state index contributed by atoms with van der Waals surface area (Å²) in [7, 11) is 14.4. The fraction of sp³-hybridized carbons (Fsp3) is 1.00. The topological polar surface area (TPSA) is 0 Å². The quantitative estimate of drug-likeness (QED) is 0.576. The lowest BCUT2D eigenvalue weighted by Crippen LogP contribution is -2.50. The maximum Gasteiger partial charge on any atom is 0.0836 e. The largest absolute Gasteiger partial charge is 0.328 e. The van der Waals surface area contributed by atoms with Gasteiger partial charge in [0, 0.05) is 19.3 Å². The molecular weight excluding hydrogens is 222 g/mol. The fourth-order valence-electron chi connectivity index (χ4n) is 3.12. The van der Waals surface area contributed by atoms with E-state index < -0.39 is 0 Å². The van der Waals surface area contributed by atoms with Crippen LogP contribution in [-0.4, -0.2) is 95.0 Å². The number of quaternary nitrogens is 3. The van der Waals surface area contributed by atoms with Crippen LogP contribution in [0, 0.1) is 0 Å². The summed E-state index contributed by atoms with van der Waals surface area (Å²) >= 11 is 0. The van der Waals surface area contributed by atoms with Crippen molar-refractivity contribution in [2.45, 2.75) is 19.3 Å². The summed E-state index contributed by atoms with van der Waals surface area (Å²) in [4.78, 5) is 0. The van der Waals surface area contributed by atoms with E-state index in [1.807, 2.05) is 0 Å². The van der Waals surface area contributed by atoms with Crippen LogP contribution in [0.15, 0.2) is 0 Å². The highest BCUT2D eigenvalue weighted by Gasteiger charge is 2.24. The lowest BCUT2D eigenvalue weighted by atomic mass is 10.2. The standard InChI is InChI=1S/C15H36N3/c1-16(2)10-7-12-17(3,4)14-9-15-18(5,6)13-8-11-16/h7-15H2,1-6H3/q+3. The number of hydrogen-bond acceptors (Lipinski definition) is 0. The lowest BCUT2D eigenvalue weighted by Gasteiger charge is -2.37. The van der Waals surface area contributed by atoms with Gasteiger partial charge in [-0.15, -0.1) is 0 Å². The summed E-state index contributed by atoms with van der Waals surface area (Å²) in [6.45, 7) is 7.97. The summed E-state index contributed by atoms with van der Waals surface area (Å²) in [6.07, 6.45) is 4.08. The van der Waals surface area contributed by atoms with E-state index in [9.17, 15) is 0 Å². The van der Waals surface area contributed by atoms with E-state index in [-0.39, 0.29) is 0 Å². The Labute approximate surface area is 115 Å². The van der Waals surface area contributed by atoms with Crippen LogP contribution in [0.5, 0.6) is 0 Å². The van der Waals surface area contributed by atoms with Crippen LogP contribution < -0.4 is 0 Å². The zero-order valence-corrected chi connectivity index (χ0v) is 13.7. The molecule has 0 spiro atoms. The molecule has 1 rings (SSSR count). The van der Waals surface area contributed by atoms with E-state index in [0.717, 1.165) is 0 Å². The summed E-state index contributed by atoms with van der Waals surface area (Å²) in [5, 5.41) is 0. The Balaban J connectivity index is 2.63. The lowest BCUT2D eigenvalue weighted by molar-refractivity contribution is -0.927. The SMILES string of the molecule is C[N+]1(C)CCC[N+](C)(C)CCC[N+](C)(C)CCC1. The highest BCUT2D eigenvalue weighted by atomic mass is 15.4. The molecule has 3 heteroatoms. The smallest absolute Gasteiger partial charge is 0.0836 e. The monoisotopic (exact) mass is 258 g/mol. The van der Waals surface area contributed by atoms with Gasteiger partial charge in [-0.05, 0) is 0 Å². The third-order valence-corrected chi connectivity index (χ3v) is 4.58. The van der Waals surface area contributed by atoms with Gasteiger partial charge in [-0.25, -0.2) is 0 Å². The normalized spacial score (nSPS) is 29.0. The highest BCUT2D eigenvalue weighted by molar-refractivity contribution is 4.46. The minimum absolute atomic E-state index is 1.19. The van der Waals surface area contributed by atoms with E-state index in [1.54, 1.807) is 0 Å². The number of rotatable bonds is 0. The highest BCUT2D eigenvalue weighted by Crippen LogP contribution is 2.11. The first-order valence-corrected chi connectivity index (χ1v) is 7.58. The van der Waals surface area contributed by atoms with Crippen LogP contribution in [-0.2, 0) is 0 Å². The van der Waals surface area contributed by atoms with Gasteiger partial charge in [0.05, 0.1) is 81.6 Å². The first-order valence-electron chi connectivity index (χ1n) is 7.58. The van der Waals surface area contributed by atoms with E-state index in [1.165, 1.54) is 72.0 Å². The van der Waals surface area contributed by atoms with E-state index in [2.05, 4.69) is 42.3 Å². The Bertz CT molecular complexity index is 196. The summed E-state index contributed by atoms with van der Waals surface area (Å²) in [6, 6.07) is 0. The minimum atomic E-state index is 1.19. The molecule has 0 aromatic heterocycles. The zero-order chi connectivity index (χ0) is 13.9. The Morgan fingerprint density at radius 2 is 0.556 bits per heavy atom. The predicted octanol–water partition coefficient (Wildman–Crippen LogP) is 1.40. The first kappa shape index (κ1) is 15.9. The van der Waals surface area contributed by atoms with E-state index in [0.29, 0.717) is 0 Å². The first-order chi connectivity index (χ1) is 8.12. The maximum atomic E-state index is 2.39. The summed E-state index contributed by atoms with van der Waals surface area (Å²) < 4.78 is 3.58. The third-order valence-electron chi connectivity index (χ3n) is 4.58. The Kier molecular flexibility index (Phi) is 5.22. The molecule has 1 fully saturated rings. The minimum Gasteiger partial charge on any atom is -0.328 e. The van der Waals surface area contributed by atoms with Crippen molar-refractivity contribution in [3.05, 3.63) is 0 Å². The Hall–Kier alpha value is -0.120. The third kappa shape index (κ3) is 6.17. The van der Waals surface area contributed by atoms with Crippen LogP contribution in [0.1, 0.15) is 19.3 Å². The van der Waals surface area contributed by atoms with Gasteiger partial charge in [0.15, 0.2) is 0 Å². The second-order valence-corrected chi connectivity index (χ2v) is 8.21. The van der Waals surface area contributed by atoms with Crippen molar-refractivity contribution >= 4 is 0 Å². The molecule has 0 bridgehead atoms. The van der Waals surface area contributed by atoms with Crippen molar-refractivity contribution in [2.75, 3.05) is 81.6 Å². The average Bonchev–Trinajstić information content (AvgIpc) is 2.13. The molecule has 108 valence electrons. The maximum absolute atomic E-state index is 2.39. The molecule has 0 aromatic carbocycles. The summed E-state index contributed by atoms with van der Waals surface area (Å²) in [5.74, 6) is 0. The second-order valence-electron chi connectivity index (χ2n) is 8.21. The fourth-order valence-corrected chi connectivity index (χ4v) is 3.12. The Morgan fingerprint density at radius 1 is 0.389 bits per heavy atom. The van der Waals surface area contributed by atoms with Crippen molar-refractivity contribution in [1.82, 2.24) is 0 Å². The second kappa shape index (κ2) is 5.89. The van der Waals surface area contributed by atoms with Gasteiger partial charge >= 0.3 is 0 Å². The van der Waals surface area contributed by atoms with Crippen LogP contribution >= 0.6 is 0 Å². The van der Waals surface area contributed by atoms with Crippen LogP contribution in [0.3, 0.4) is 0 Å². The van der Waals surface area contributed by atoms with Gasteiger partial charge in [0.1, 0.15) is 0 Å². The van der Waals surface area contributed by atoms with Crippen molar-refractivity contribution in [1.29, 1.82) is 0 Å². The van der Waals surface area contributed by atoms with Crippen molar-refractivity contribution < 1.29 is 13.4 Å². The van der Waals surface area contributed by atoms with Crippen molar-refractivity contribution in [3.8, 4) is 0 Å². The molecule has 1 aliphatic rings. The van der Waals surface area contributed by atoms with Gasteiger partial charge in [-0.2, -0.15) is 0 Å². The van der Waals surface area contributed by atoms with Crippen LogP contribution in [0.2, 0.25) is 0 Å². The molecule has 1 heterocycles. The summed E-state index contributed by atoms with van der Waals surface area (Å²) in [5.41, 5.74) is 0. The van der Waals surface area contributed by atoms with Gasteiger partial charge in [-0.3, -0.25) is 0 Å². The Morgan fingerprint density at radius 3 is 0.722 bits per heavy atom. The molecule has 0 unspecified atom stereocenters.